The SMILES string of the molecule is CNNC(=O)CCCOc1ccc2c(c1)OCO2. The van der Waals surface area contributed by atoms with Gasteiger partial charge in [0.2, 0.25) is 12.7 Å². The number of benzene rings is 1. The molecule has 18 heavy (non-hydrogen) atoms. The van der Waals surface area contributed by atoms with Gasteiger partial charge in [0.25, 0.3) is 0 Å². The number of amides is 1. The van der Waals surface area contributed by atoms with Crippen LogP contribution in [0.2, 0.25) is 0 Å². The smallest absolute Gasteiger partial charge is 0.234 e. The molecular weight excluding hydrogens is 236 g/mol. The molecule has 1 aliphatic rings. The van der Waals surface area contributed by atoms with E-state index in [2.05, 4.69) is 10.9 Å². The zero-order chi connectivity index (χ0) is 12.8. The average molecular weight is 252 g/mol. The first-order valence-electron chi connectivity index (χ1n) is 5.77. The lowest BCUT2D eigenvalue weighted by molar-refractivity contribution is -0.122. The van der Waals surface area contributed by atoms with Crippen molar-refractivity contribution in [2.24, 2.45) is 0 Å². The first kappa shape index (κ1) is 12.5. The molecule has 0 saturated carbocycles. The van der Waals surface area contributed by atoms with Gasteiger partial charge in [0.1, 0.15) is 5.75 Å². The molecule has 2 rings (SSSR count). The molecule has 1 aromatic carbocycles. The van der Waals surface area contributed by atoms with Gasteiger partial charge in [-0.15, -0.1) is 0 Å². The van der Waals surface area contributed by atoms with Gasteiger partial charge in [-0.3, -0.25) is 10.2 Å². The molecule has 1 aromatic rings. The molecule has 6 nitrogen and oxygen atoms in total. The summed E-state index contributed by atoms with van der Waals surface area (Å²) in [5.41, 5.74) is 5.08. The Hall–Kier alpha value is -1.95. The van der Waals surface area contributed by atoms with E-state index in [1.54, 1.807) is 13.1 Å². The normalized spacial score (nSPS) is 12.3. The van der Waals surface area contributed by atoms with E-state index in [1.807, 2.05) is 12.1 Å². The number of carbonyl (C=O) groups is 1. The molecule has 2 N–H and O–H groups in total. The molecule has 0 radical (unpaired) electrons. The summed E-state index contributed by atoms with van der Waals surface area (Å²) in [6.07, 6.45) is 1.08. The number of fused-ring (bicyclic) bond motifs is 1. The minimum atomic E-state index is -0.0493. The Balaban J connectivity index is 1.72. The maximum atomic E-state index is 11.1. The zero-order valence-corrected chi connectivity index (χ0v) is 10.2. The summed E-state index contributed by atoms with van der Waals surface area (Å²) < 4.78 is 16.0. The van der Waals surface area contributed by atoms with E-state index < -0.39 is 0 Å². The van der Waals surface area contributed by atoms with Crippen molar-refractivity contribution in [2.45, 2.75) is 12.8 Å². The Bertz CT molecular complexity index is 423. The van der Waals surface area contributed by atoms with Crippen molar-refractivity contribution < 1.29 is 19.0 Å². The van der Waals surface area contributed by atoms with Crippen molar-refractivity contribution in [3.63, 3.8) is 0 Å². The fourth-order valence-corrected chi connectivity index (χ4v) is 1.59. The average Bonchev–Trinajstić information content (AvgIpc) is 2.82. The molecule has 0 bridgehead atoms. The quantitative estimate of drug-likeness (QED) is 0.579. The van der Waals surface area contributed by atoms with Crippen LogP contribution in [0, 0.1) is 0 Å². The summed E-state index contributed by atoms with van der Waals surface area (Å²) in [5.74, 6) is 2.09. The van der Waals surface area contributed by atoms with Crippen LogP contribution >= 0.6 is 0 Å². The first-order chi connectivity index (χ1) is 8.79. The van der Waals surface area contributed by atoms with E-state index >= 15 is 0 Å². The van der Waals surface area contributed by atoms with Crippen molar-refractivity contribution in [3.8, 4) is 17.2 Å². The topological polar surface area (TPSA) is 68.8 Å². The highest BCUT2D eigenvalue weighted by atomic mass is 16.7. The van der Waals surface area contributed by atoms with E-state index in [1.165, 1.54) is 0 Å². The maximum Gasteiger partial charge on any atom is 0.234 e. The van der Waals surface area contributed by atoms with Gasteiger partial charge in [-0.25, -0.2) is 5.43 Å². The van der Waals surface area contributed by atoms with Crippen molar-refractivity contribution in [1.29, 1.82) is 0 Å². The second-order valence-electron chi connectivity index (χ2n) is 3.77. The van der Waals surface area contributed by atoms with Crippen LogP contribution in [0.1, 0.15) is 12.8 Å². The second-order valence-corrected chi connectivity index (χ2v) is 3.77. The Morgan fingerprint density at radius 3 is 3.06 bits per heavy atom. The van der Waals surface area contributed by atoms with Gasteiger partial charge in [0.15, 0.2) is 11.5 Å². The number of rotatable bonds is 6. The minimum Gasteiger partial charge on any atom is -0.493 e. The first-order valence-corrected chi connectivity index (χ1v) is 5.77. The largest absolute Gasteiger partial charge is 0.493 e. The summed E-state index contributed by atoms with van der Waals surface area (Å²) in [5, 5.41) is 0. The molecule has 0 atom stereocenters. The molecule has 0 spiro atoms. The fourth-order valence-electron chi connectivity index (χ4n) is 1.59. The highest BCUT2D eigenvalue weighted by molar-refractivity contribution is 5.75. The predicted octanol–water partition coefficient (Wildman–Crippen LogP) is 0.825. The molecule has 98 valence electrons. The van der Waals surface area contributed by atoms with Gasteiger partial charge in [-0.2, -0.15) is 0 Å². The molecule has 1 aliphatic heterocycles. The van der Waals surface area contributed by atoms with Gasteiger partial charge in [-0.05, 0) is 18.6 Å². The van der Waals surface area contributed by atoms with Crippen molar-refractivity contribution in [3.05, 3.63) is 18.2 Å². The van der Waals surface area contributed by atoms with Crippen molar-refractivity contribution >= 4 is 5.91 Å². The van der Waals surface area contributed by atoms with Crippen molar-refractivity contribution in [2.75, 3.05) is 20.4 Å². The lowest BCUT2D eigenvalue weighted by Crippen LogP contribution is -2.34. The van der Waals surface area contributed by atoms with Crippen LogP contribution in [0.5, 0.6) is 17.2 Å². The van der Waals surface area contributed by atoms with Crippen LogP contribution in [0.25, 0.3) is 0 Å². The summed E-state index contributed by atoms with van der Waals surface area (Å²) >= 11 is 0. The van der Waals surface area contributed by atoms with Gasteiger partial charge >= 0.3 is 0 Å². The van der Waals surface area contributed by atoms with Gasteiger partial charge < -0.3 is 14.2 Å². The number of ether oxygens (including phenoxy) is 3. The third kappa shape index (κ3) is 3.27. The molecule has 0 aromatic heterocycles. The lowest BCUT2D eigenvalue weighted by atomic mass is 10.3. The Labute approximate surface area is 105 Å². The van der Waals surface area contributed by atoms with Crippen LogP contribution < -0.4 is 25.1 Å². The van der Waals surface area contributed by atoms with E-state index in [0.29, 0.717) is 30.9 Å². The molecule has 1 amide bonds. The molecule has 0 saturated heterocycles. The third-order valence-electron chi connectivity index (χ3n) is 2.43. The highest BCUT2D eigenvalue weighted by Crippen LogP contribution is 2.35. The summed E-state index contributed by atoms with van der Waals surface area (Å²) in [4.78, 5) is 11.1. The molecule has 0 fully saturated rings. The number of hydrazine groups is 1. The Morgan fingerprint density at radius 1 is 1.39 bits per heavy atom. The number of hydrogen-bond donors (Lipinski definition) is 2. The van der Waals surface area contributed by atoms with Gasteiger partial charge in [0, 0.05) is 19.5 Å². The molecule has 0 unspecified atom stereocenters. The van der Waals surface area contributed by atoms with Crippen LogP contribution in [0.4, 0.5) is 0 Å². The van der Waals surface area contributed by atoms with Crippen LogP contribution in [0.3, 0.4) is 0 Å². The monoisotopic (exact) mass is 252 g/mol. The molecule has 0 aliphatic carbocycles. The van der Waals surface area contributed by atoms with Crippen LogP contribution in [-0.2, 0) is 4.79 Å². The van der Waals surface area contributed by atoms with Gasteiger partial charge in [0.05, 0.1) is 6.61 Å². The summed E-state index contributed by atoms with van der Waals surface area (Å²) in [6, 6.07) is 5.42. The number of carbonyl (C=O) groups excluding carboxylic acids is 1. The van der Waals surface area contributed by atoms with E-state index in [4.69, 9.17) is 14.2 Å². The lowest BCUT2D eigenvalue weighted by Gasteiger charge is -2.07. The minimum absolute atomic E-state index is 0.0493. The van der Waals surface area contributed by atoms with Crippen LogP contribution in [0.15, 0.2) is 18.2 Å². The standard InChI is InChI=1S/C12H16N2O4/c1-13-14-12(15)3-2-6-16-9-4-5-10-11(7-9)18-8-17-10/h4-5,7,13H,2-3,6,8H2,1H3,(H,14,15). The number of hydrogen-bond acceptors (Lipinski definition) is 5. The molecule has 1 heterocycles. The highest BCUT2D eigenvalue weighted by Gasteiger charge is 2.13. The van der Waals surface area contributed by atoms with E-state index in [-0.39, 0.29) is 12.7 Å². The predicted molar refractivity (Wildman–Crippen MR) is 64.5 cm³/mol. The number of nitrogens with one attached hydrogen (secondary N) is 2. The Morgan fingerprint density at radius 2 is 2.22 bits per heavy atom. The third-order valence-corrected chi connectivity index (χ3v) is 2.43. The molecule has 6 heteroatoms. The van der Waals surface area contributed by atoms with Gasteiger partial charge in [-0.1, -0.05) is 0 Å². The summed E-state index contributed by atoms with van der Waals surface area (Å²) in [6.45, 7) is 0.736. The van der Waals surface area contributed by atoms with Crippen LogP contribution in [-0.4, -0.2) is 26.4 Å². The summed E-state index contributed by atoms with van der Waals surface area (Å²) in [7, 11) is 1.65. The second kappa shape index (κ2) is 6.11. The van der Waals surface area contributed by atoms with Crippen molar-refractivity contribution in [1.82, 2.24) is 10.9 Å². The fraction of sp³-hybridized carbons (Fsp3) is 0.417. The molecular formula is C12H16N2O4. The maximum absolute atomic E-state index is 11.1. The van der Waals surface area contributed by atoms with E-state index in [9.17, 15) is 4.79 Å². The Kier molecular flexibility index (Phi) is 4.25. The zero-order valence-electron chi connectivity index (χ0n) is 10.2. The van der Waals surface area contributed by atoms with E-state index in [0.717, 1.165) is 5.75 Å².